The van der Waals surface area contributed by atoms with E-state index in [0.717, 1.165) is 25.3 Å². The largest absolute Gasteiger partial charge is 0.496 e. The van der Waals surface area contributed by atoms with E-state index >= 15 is 0 Å². The highest BCUT2D eigenvalue weighted by atomic mass is 16.5. The van der Waals surface area contributed by atoms with Crippen LogP contribution in [0.3, 0.4) is 0 Å². The van der Waals surface area contributed by atoms with Gasteiger partial charge in [0.1, 0.15) is 5.75 Å². The molecule has 94 valence electrons. The van der Waals surface area contributed by atoms with Crippen molar-refractivity contribution < 1.29 is 9.47 Å². The Balaban J connectivity index is 2.22. The number of hydrogen-bond donors (Lipinski definition) is 1. The smallest absolute Gasteiger partial charge is 0.124 e. The topological polar surface area (TPSA) is 30.5 Å². The Kier molecular flexibility index (Phi) is 3.40. The van der Waals surface area contributed by atoms with E-state index in [4.69, 9.17) is 9.47 Å². The summed E-state index contributed by atoms with van der Waals surface area (Å²) in [6, 6.07) is 4.40. The highest BCUT2D eigenvalue weighted by Gasteiger charge is 2.37. The van der Waals surface area contributed by atoms with Crippen molar-refractivity contribution in [3.63, 3.8) is 0 Å². The molecule has 0 aliphatic carbocycles. The third-order valence-corrected chi connectivity index (χ3v) is 3.58. The molecule has 0 spiro atoms. The van der Waals surface area contributed by atoms with E-state index in [-0.39, 0.29) is 5.60 Å². The lowest BCUT2D eigenvalue weighted by Crippen LogP contribution is -2.61. The van der Waals surface area contributed by atoms with Gasteiger partial charge >= 0.3 is 0 Å². The number of methoxy groups -OCH3 is 2. The third kappa shape index (κ3) is 2.31. The molecule has 0 bridgehead atoms. The molecule has 0 amide bonds. The predicted molar refractivity (Wildman–Crippen MR) is 68.8 cm³/mol. The van der Waals surface area contributed by atoms with E-state index in [1.165, 1.54) is 16.7 Å². The number of rotatable bonds is 4. The molecule has 1 fully saturated rings. The van der Waals surface area contributed by atoms with Crippen LogP contribution in [0.4, 0.5) is 0 Å². The van der Waals surface area contributed by atoms with Crippen molar-refractivity contribution in [1.29, 1.82) is 0 Å². The van der Waals surface area contributed by atoms with Crippen LogP contribution in [0, 0.1) is 13.8 Å². The van der Waals surface area contributed by atoms with Gasteiger partial charge in [-0.1, -0.05) is 12.1 Å². The summed E-state index contributed by atoms with van der Waals surface area (Å²) >= 11 is 0. The lowest BCUT2D eigenvalue weighted by molar-refractivity contribution is -0.0502. The van der Waals surface area contributed by atoms with Crippen LogP contribution < -0.4 is 10.1 Å². The minimum absolute atomic E-state index is 0.00648. The molecule has 1 aromatic carbocycles. The fraction of sp³-hybridized carbons (Fsp3) is 0.571. The van der Waals surface area contributed by atoms with Gasteiger partial charge in [0.25, 0.3) is 0 Å². The van der Waals surface area contributed by atoms with Gasteiger partial charge in [0, 0.05) is 26.6 Å². The molecule has 2 rings (SSSR count). The van der Waals surface area contributed by atoms with Gasteiger partial charge in [-0.25, -0.2) is 0 Å². The van der Waals surface area contributed by atoms with Crippen molar-refractivity contribution in [3.05, 3.63) is 28.8 Å². The molecule has 3 heteroatoms. The molecular formula is C14H21NO2. The lowest BCUT2D eigenvalue weighted by atomic mass is 9.87. The Morgan fingerprint density at radius 3 is 2.12 bits per heavy atom. The van der Waals surface area contributed by atoms with Gasteiger partial charge in [-0.2, -0.15) is 0 Å². The van der Waals surface area contributed by atoms with Crippen molar-refractivity contribution in [2.24, 2.45) is 0 Å². The number of aryl methyl sites for hydroxylation is 2. The maximum Gasteiger partial charge on any atom is 0.124 e. The van der Waals surface area contributed by atoms with Crippen LogP contribution in [-0.4, -0.2) is 32.9 Å². The van der Waals surface area contributed by atoms with Crippen molar-refractivity contribution in [3.8, 4) is 5.75 Å². The number of hydrogen-bond acceptors (Lipinski definition) is 3. The standard InChI is InChI=1S/C14H21NO2/c1-10-5-12(6-11(2)13(10)16-3)7-14(17-4)8-15-9-14/h5-6,15H,7-9H2,1-4H3. The molecule has 1 aliphatic heterocycles. The second-order valence-corrected chi connectivity index (χ2v) is 4.93. The average Bonchev–Trinajstić information content (AvgIpc) is 2.23. The van der Waals surface area contributed by atoms with E-state index in [9.17, 15) is 0 Å². The molecule has 0 unspecified atom stereocenters. The molecule has 3 nitrogen and oxygen atoms in total. The maximum atomic E-state index is 5.62. The summed E-state index contributed by atoms with van der Waals surface area (Å²) in [6.07, 6.45) is 0.960. The SMILES string of the molecule is COc1c(C)cc(CC2(OC)CNC2)cc1C. The minimum Gasteiger partial charge on any atom is -0.496 e. The quantitative estimate of drug-likeness (QED) is 0.864. The van der Waals surface area contributed by atoms with Gasteiger partial charge in [0.05, 0.1) is 12.7 Å². The van der Waals surface area contributed by atoms with Gasteiger partial charge in [0.15, 0.2) is 0 Å². The molecule has 0 radical (unpaired) electrons. The summed E-state index contributed by atoms with van der Waals surface area (Å²) in [5.41, 5.74) is 3.71. The average molecular weight is 235 g/mol. The first-order chi connectivity index (χ1) is 8.10. The zero-order chi connectivity index (χ0) is 12.5. The molecule has 0 aromatic heterocycles. The zero-order valence-electron chi connectivity index (χ0n) is 11.1. The van der Waals surface area contributed by atoms with Gasteiger partial charge in [-0.15, -0.1) is 0 Å². The third-order valence-electron chi connectivity index (χ3n) is 3.58. The normalized spacial score (nSPS) is 17.6. The number of ether oxygens (including phenoxy) is 2. The van der Waals surface area contributed by atoms with Crippen LogP contribution >= 0.6 is 0 Å². The fourth-order valence-corrected chi connectivity index (χ4v) is 2.58. The Morgan fingerprint density at radius 2 is 1.76 bits per heavy atom. The Morgan fingerprint density at radius 1 is 1.18 bits per heavy atom. The number of benzene rings is 1. The van der Waals surface area contributed by atoms with Crippen LogP contribution in [0.1, 0.15) is 16.7 Å². The van der Waals surface area contributed by atoms with Gasteiger partial charge in [-0.05, 0) is 30.5 Å². The van der Waals surface area contributed by atoms with E-state index in [1.54, 1.807) is 14.2 Å². The van der Waals surface area contributed by atoms with Crippen LogP contribution in [0.5, 0.6) is 5.75 Å². The van der Waals surface area contributed by atoms with Gasteiger partial charge < -0.3 is 14.8 Å². The van der Waals surface area contributed by atoms with Crippen molar-refractivity contribution in [2.45, 2.75) is 25.9 Å². The predicted octanol–water partition coefficient (Wildman–Crippen LogP) is 1.84. The van der Waals surface area contributed by atoms with Crippen molar-refractivity contribution >= 4 is 0 Å². The molecule has 17 heavy (non-hydrogen) atoms. The first kappa shape index (κ1) is 12.4. The first-order valence-electron chi connectivity index (χ1n) is 6.00. The Bertz CT molecular complexity index is 382. The van der Waals surface area contributed by atoms with Gasteiger partial charge in [-0.3, -0.25) is 0 Å². The van der Waals surface area contributed by atoms with E-state index in [1.807, 2.05) is 0 Å². The van der Waals surface area contributed by atoms with E-state index in [0.29, 0.717) is 0 Å². The summed E-state index contributed by atoms with van der Waals surface area (Å²) < 4.78 is 11.0. The van der Waals surface area contributed by atoms with Crippen LogP contribution in [0.15, 0.2) is 12.1 Å². The molecule has 1 saturated heterocycles. The second-order valence-electron chi connectivity index (χ2n) is 4.93. The van der Waals surface area contributed by atoms with E-state index < -0.39 is 0 Å². The molecule has 1 N–H and O–H groups in total. The monoisotopic (exact) mass is 235 g/mol. The zero-order valence-corrected chi connectivity index (χ0v) is 11.1. The molecule has 1 heterocycles. The highest BCUT2D eigenvalue weighted by Crippen LogP contribution is 2.28. The first-order valence-corrected chi connectivity index (χ1v) is 6.00. The highest BCUT2D eigenvalue weighted by molar-refractivity contribution is 5.43. The fourth-order valence-electron chi connectivity index (χ4n) is 2.58. The molecule has 1 aliphatic rings. The Labute approximate surface area is 103 Å². The maximum absolute atomic E-state index is 5.62. The summed E-state index contributed by atoms with van der Waals surface area (Å²) in [7, 11) is 3.52. The number of nitrogens with one attached hydrogen (secondary N) is 1. The molecule has 1 aromatic rings. The second kappa shape index (κ2) is 4.67. The van der Waals surface area contributed by atoms with Crippen LogP contribution in [0.25, 0.3) is 0 Å². The summed E-state index contributed by atoms with van der Waals surface area (Å²) in [5.74, 6) is 0.993. The van der Waals surface area contributed by atoms with Crippen LogP contribution in [-0.2, 0) is 11.2 Å². The van der Waals surface area contributed by atoms with Crippen LogP contribution in [0.2, 0.25) is 0 Å². The van der Waals surface area contributed by atoms with Crippen molar-refractivity contribution in [2.75, 3.05) is 27.3 Å². The Hall–Kier alpha value is -1.06. The molecule has 0 atom stereocenters. The molecule has 0 saturated carbocycles. The van der Waals surface area contributed by atoms with Gasteiger partial charge in [0.2, 0.25) is 0 Å². The van der Waals surface area contributed by atoms with Crippen molar-refractivity contribution in [1.82, 2.24) is 5.32 Å². The minimum atomic E-state index is -0.00648. The summed E-state index contributed by atoms with van der Waals surface area (Å²) in [5, 5.41) is 3.28. The molecular weight excluding hydrogens is 214 g/mol. The summed E-state index contributed by atoms with van der Waals surface area (Å²) in [6.45, 7) is 6.06. The lowest BCUT2D eigenvalue weighted by Gasteiger charge is -2.41. The van der Waals surface area contributed by atoms with E-state index in [2.05, 4.69) is 31.3 Å². The summed E-state index contributed by atoms with van der Waals surface area (Å²) in [4.78, 5) is 0.